The van der Waals surface area contributed by atoms with Crippen LogP contribution in [0.2, 0.25) is 0 Å². The molecule has 0 aliphatic heterocycles. The third kappa shape index (κ3) is 6.10. The lowest BCUT2D eigenvalue weighted by molar-refractivity contribution is -0.155. The van der Waals surface area contributed by atoms with Crippen molar-refractivity contribution in [3.63, 3.8) is 0 Å². The van der Waals surface area contributed by atoms with Crippen molar-refractivity contribution in [3.8, 4) is 11.5 Å². The zero-order valence-corrected chi connectivity index (χ0v) is 14.9. The number of aliphatic carboxylic acids is 1. The summed E-state index contributed by atoms with van der Waals surface area (Å²) < 4.78 is 15.6. The summed E-state index contributed by atoms with van der Waals surface area (Å²) >= 11 is 0. The molecule has 0 heterocycles. The molecule has 1 atom stereocenters. The largest absolute Gasteiger partial charge is 0.493 e. The highest BCUT2D eigenvalue weighted by atomic mass is 16.6. The molecule has 0 fully saturated rings. The monoisotopic (exact) mass is 338 g/mol. The Kier molecular flexibility index (Phi) is 7.07. The van der Waals surface area contributed by atoms with Gasteiger partial charge >= 0.3 is 11.9 Å². The van der Waals surface area contributed by atoms with Crippen LogP contribution in [0.3, 0.4) is 0 Å². The van der Waals surface area contributed by atoms with Gasteiger partial charge < -0.3 is 19.3 Å². The predicted molar refractivity (Wildman–Crippen MR) is 89.6 cm³/mol. The first-order chi connectivity index (χ1) is 11.2. The molecule has 0 amide bonds. The van der Waals surface area contributed by atoms with Crippen LogP contribution in [0.15, 0.2) is 18.2 Å². The van der Waals surface area contributed by atoms with E-state index in [4.69, 9.17) is 14.2 Å². The first kappa shape index (κ1) is 19.8. The van der Waals surface area contributed by atoms with E-state index in [1.54, 1.807) is 39.0 Å². The predicted octanol–water partition coefficient (Wildman–Crippen LogP) is 3.38. The maximum atomic E-state index is 11.7. The Morgan fingerprint density at radius 3 is 2.25 bits per heavy atom. The van der Waals surface area contributed by atoms with Gasteiger partial charge in [-0.15, -0.1) is 0 Å². The highest BCUT2D eigenvalue weighted by Gasteiger charge is 2.22. The van der Waals surface area contributed by atoms with Crippen LogP contribution >= 0.6 is 0 Å². The molecule has 0 saturated carbocycles. The van der Waals surface area contributed by atoms with Gasteiger partial charge in [-0.1, -0.05) is 6.07 Å². The zero-order chi connectivity index (χ0) is 18.3. The van der Waals surface area contributed by atoms with E-state index in [9.17, 15) is 14.7 Å². The third-order valence-corrected chi connectivity index (χ3v) is 3.40. The Balaban J connectivity index is 2.75. The van der Waals surface area contributed by atoms with Gasteiger partial charge in [-0.2, -0.15) is 0 Å². The number of carboxylic acid groups (broad SMARTS) is 1. The lowest BCUT2D eigenvalue weighted by Gasteiger charge is -2.20. The highest BCUT2D eigenvalue weighted by Crippen LogP contribution is 2.32. The molecule has 1 rings (SSSR count). The maximum Gasteiger partial charge on any atom is 0.310 e. The number of esters is 1. The average molecular weight is 338 g/mol. The maximum absolute atomic E-state index is 11.7. The van der Waals surface area contributed by atoms with Crippen LogP contribution in [0, 0.1) is 0 Å². The fourth-order valence-electron chi connectivity index (χ4n) is 2.35. The minimum absolute atomic E-state index is 0.189. The summed E-state index contributed by atoms with van der Waals surface area (Å²) in [5, 5.41) is 9.48. The van der Waals surface area contributed by atoms with Gasteiger partial charge in [0, 0.05) is 6.42 Å². The first-order valence-corrected chi connectivity index (χ1v) is 7.84. The molecule has 0 saturated heterocycles. The van der Waals surface area contributed by atoms with Crippen molar-refractivity contribution in [3.05, 3.63) is 23.8 Å². The Hall–Kier alpha value is -2.24. The van der Waals surface area contributed by atoms with Crippen molar-refractivity contribution >= 4 is 11.9 Å². The van der Waals surface area contributed by atoms with Crippen molar-refractivity contribution in [2.45, 2.75) is 51.6 Å². The van der Waals surface area contributed by atoms with Gasteiger partial charge in [-0.05, 0) is 51.3 Å². The molecule has 0 aliphatic carbocycles. The van der Waals surface area contributed by atoms with E-state index >= 15 is 0 Å². The van der Waals surface area contributed by atoms with Crippen LogP contribution in [0.4, 0.5) is 0 Å². The fourth-order valence-corrected chi connectivity index (χ4v) is 2.35. The van der Waals surface area contributed by atoms with Crippen LogP contribution in [-0.4, -0.2) is 36.9 Å². The third-order valence-electron chi connectivity index (χ3n) is 3.40. The van der Waals surface area contributed by atoms with E-state index in [0.29, 0.717) is 29.9 Å². The number of hydrogen-bond acceptors (Lipinski definition) is 5. The summed E-state index contributed by atoms with van der Waals surface area (Å²) in [5.41, 5.74) is 0.0800. The normalized spacial score (nSPS) is 12.4. The number of ether oxygens (including phenoxy) is 3. The van der Waals surface area contributed by atoms with Crippen molar-refractivity contribution < 1.29 is 28.9 Å². The van der Waals surface area contributed by atoms with Gasteiger partial charge in [-0.3, -0.25) is 9.59 Å². The van der Waals surface area contributed by atoms with Crippen molar-refractivity contribution in [2.75, 3.05) is 14.2 Å². The molecular formula is C18H26O6. The van der Waals surface area contributed by atoms with Gasteiger partial charge in [0.25, 0.3) is 0 Å². The summed E-state index contributed by atoms with van der Waals surface area (Å²) in [4.78, 5) is 23.3. The summed E-state index contributed by atoms with van der Waals surface area (Å²) in [6, 6.07) is 5.04. The average Bonchev–Trinajstić information content (AvgIpc) is 2.48. The molecular weight excluding hydrogens is 312 g/mol. The van der Waals surface area contributed by atoms with E-state index in [-0.39, 0.29) is 12.4 Å². The number of benzene rings is 1. The molecule has 0 unspecified atom stereocenters. The Labute approximate surface area is 142 Å². The lowest BCUT2D eigenvalue weighted by Crippen LogP contribution is -2.23. The second kappa shape index (κ2) is 8.57. The van der Waals surface area contributed by atoms with E-state index < -0.39 is 17.5 Å². The van der Waals surface area contributed by atoms with Crippen LogP contribution in [0.25, 0.3) is 0 Å². The van der Waals surface area contributed by atoms with Gasteiger partial charge in [-0.25, -0.2) is 0 Å². The molecule has 1 aromatic rings. The molecule has 6 heteroatoms. The molecule has 0 bridgehead atoms. The zero-order valence-electron chi connectivity index (χ0n) is 14.9. The van der Waals surface area contributed by atoms with E-state index in [1.165, 1.54) is 14.2 Å². The number of carbonyl (C=O) groups excluding carboxylic acids is 1. The molecule has 24 heavy (non-hydrogen) atoms. The van der Waals surface area contributed by atoms with E-state index in [2.05, 4.69) is 0 Å². The molecule has 134 valence electrons. The molecule has 1 N–H and O–H groups in total. The first-order valence-electron chi connectivity index (χ1n) is 7.84. The second-order valence-electron chi connectivity index (χ2n) is 6.48. The molecule has 0 aliphatic rings. The molecule has 0 spiro atoms. The lowest BCUT2D eigenvalue weighted by atomic mass is 9.93. The van der Waals surface area contributed by atoms with E-state index in [0.717, 1.165) is 0 Å². The number of methoxy groups -OCH3 is 2. The van der Waals surface area contributed by atoms with Gasteiger partial charge in [0.15, 0.2) is 11.5 Å². The number of hydrogen-bond donors (Lipinski definition) is 1. The Morgan fingerprint density at radius 2 is 1.75 bits per heavy atom. The van der Waals surface area contributed by atoms with Crippen molar-refractivity contribution in [1.82, 2.24) is 0 Å². The topological polar surface area (TPSA) is 82.1 Å². The Bertz CT molecular complexity index is 573. The van der Waals surface area contributed by atoms with Crippen molar-refractivity contribution in [2.24, 2.45) is 0 Å². The van der Waals surface area contributed by atoms with Crippen LogP contribution < -0.4 is 9.47 Å². The molecule has 0 aromatic heterocycles. The highest BCUT2D eigenvalue weighted by molar-refractivity contribution is 5.76. The summed E-state index contributed by atoms with van der Waals surface area (Å²) in [7, 11) is 3.02. The van der Waals surface area contributed by atoms with Crippen LogP contribution in [0.1, 0.15) is 51.5 Å². The quantitative estimate of drug-likeness (QED) is 0.732. The van der Waals surface area contributed by atoms with Gasteiger partial charge in [0.2, 0.25) is 0 Å². The SMILES string of the molecule is COc1ccc([C@H](CCCC(=O)OC(C)(C)C)C(=O)O)cc1OC. The van der Waals surface area contributed by atoms with Crippen LogP contribution in [0.5, 0.6) is 11.5 Å². The Morgan fingerprint density at radius 1 is 1.12 bits per heavy atom. The van der Waals surface area contributed by atoms with Crippen LogP contribution in [-0.2, 0) is 14.3 Å². The van der Waals surface area contributed by atoms with Gasteiger partial charge in [0.05, 0.1) is 20.1 Å². The second-order valence-corrected chi connectivity index (χ2v) is 6.48. The number of carbonyl (C=O) groups is 2. The fraction of sp³-hybridized carbons (Fsp3) is 0.556. The number of rotatable bonds is 8. The van der Waals surface area contributed by atoms with Crippen molar-refractivity contribution in [1.29, 1.82) is 0 Å². The standard InChI is InChI=1S/C18H26O6/c1-18(2,3)24-16(19)8-6-7-13(17(20)21)12-9-10-14(22-4)15(11-12)23-5/h9-11,13H,6-8H2,1-5H3,(H,20,21)/t13-/m0/s1. The molecule has 6 nitrogen and oxygen atoms in total. The smallest absolute Gasteiger partial charge is 0.310 e. The molecule has 0 radical (unpaired) electrons. The summed E-state index contributed by atoms with van der Waals surface area (Å²) in [6.07, 6.45) is 0.957. The van der Waals surface area contributed by atoms with Gasteiger partial charge in [0.1, 0.15) is 5.60 Å². The minimum Gasteiger partial charge on any atom is -0.493 e. The number of carboxylic acids is 1. The van der Waals surface area contributed by atoms with E-state index in [1.807, 2.05) is 0 Å². The summed E-state index contributed by atoms with van der Waals surface area (Å²) in [5.74, 6) is -0.954. The molecule has 1 aromatic carbocycles. The minimum atomic E-state index is -0.939. The summed E-state index contributed by atoms with van der Waals surface area (Å²) in [6.45, 7) is 5.40.